The standard InChI is InChI=1S/C10H15ClN2O3S/c11-6-10(14)13(9-2-1-4-12-9)8-3-5-17(15,16)7-8/h8H,1-7H2/t8-/m1/s1. The van der Waals surface area contributed by atoms with Crippen molar-refractivity contribution in [2.24, 2.45) is 4.99 Å². The van der Waals surface area contributed by atoms with Crippen LogP contribution in [-0.4, -0.2) is 55.0 Å². The first-order valence-corrected chi connectivity index (χ1v) is 8.01. The molecule has 0 spiro atoms. The van der Waals surface area contributed by atoms with E-state index in [1.54, 1.807) is 0 Å². The van der Waals surface area contributed by atoms with Gasteiger partial charge in [0, 0.05) is 13.0 Å². The molecule has 0 saturated carbocycles. The van der Waals surface area contributed by atoms with E-state index in [4.69, 9.17) is 11.6 Å². The van der Waals surface area contributed by atoms with Crippen LogP contribution in [0.2, 0.25) is 0 Å². The van der Waals surface area contributed by atoms with Gasteiger partial charge in [-0.3, -0.25) is 14.7 Å². The molecule has 1 amide bonds. The lowest BCUT2D eigenvalue weighted by Crippen LogP contribution is -2.45. The van der Waals surface area contributed by atoms with Gasteiger partial charge in [-0.25, -0.2) is 8.42 Å². The van der Waals surface area contributed by atoms with E-state index in [-0.39, 0.29) is 29.3 Å². The number of carbonyl (C=O) groups is 1. The van der Waals surface area contributed by atoms with Gasteiger partial charge in [0.15, 0.2) is 9.84 Å². The number of halogens is 1. The highest BCUT2D eigenvalue weighted by atomic mass is 35.5. The molecule has 0 radical (unpaired) electrons. The number of aliphatic imine (C=N–C) groups is 1. The van der Waals surface area contributed by atoms with Gasteiger partial charge in [0.25, 0.3) is 0 Å². The summed E-state index contributed by atoms with van der Waals surface area (Å²) in [6.07, 6.45) is 2.14. The summed E-state index contributed by atoms with van der Waals surface area (Å²) in [5, 5.41) is 0. The number of amides is 1. The molecule has 0 N–H and O–H groups in total. The summed E-state index contributed by atoms with van der Waals surface area (Å²) in [4.78, 5) is 17.6. The molecule has 1 fully saturated rings. The van der Waals surface area contributed by atoms with Crippen LogP contribution in [-0.2, 0) is 14.6 Å². The molecule has 0 aliphatic carbocycles. The lowest BCUT2D eigenvalue weighted by atomic mass is 10.2. The van der Waals surface area contributed by atoms with Gasteiger partial charge < -0.3 is 0 Å². The summed E-state index contributed by atoms with van der Waals surface area (Å²) in [5.74, 6) is 0.522. The molecular formula is C10H15ClN2O3S. The highest BCUT2D eigenvalue weighted by Crippen LogP contribution is 2.21. The highest BCUT2D eigenvalue weighted by Gasteiger charge is 2.37. The molecule has 1 saturated heterocycles. The molecule has 0 bridgehead atoms. The molecule has 2 heterocycles. The second-order valence-corrected chi connectivity index (χ2v) is 6.85. The zero-order chi connectivity index (χ0) is 12.5. The third-order valence-electron chi connectivity index (χ3n) is 3.09. The zero-order valence-corrected chi connectivity index (χ0v) is 11.0. The molecule has 7 heteroatoms. The van der Waals surface area contributed by atoms with Crippen LogP contribution < -0.4 is 0 Å². The largest absolute Gasteiger partial charge is 0.295 e. The first kappa shape index (κ1) is 12.8. The molecule has 96 valence electrons. The summed E-state index contributed by atoms with van der Waals surface area (Å²) < 4.78 is 22.9. The number of carbonyl (C=O) groups excluding carboxylic acids is 1. The van der Waals surface area contributed by atoms with Crippen LogP contribution in [0.3, 0.4) is 0 Å². The normalized spacial score (nSPS) is 26.9. The van der Waals surface area contributed by atoms with Crippen molar-refractivity contribution in [1.82, 2.24) is 4.90 Å². The molecule has 0 aromatic carbocycles. The Hall–Kier alpha value is -0.620. The van der Waals surface area contributed by atoms with Gasteiger partial charge in [0.1, 0.15) is 11.7 Å². The van der Waals surface area contributed by atoms with Crippen molar-refractivity contribution in [2.75, 3.05) is 23.9 Å². The lowest BCUT2D eigenvalue weighted by molar-refractivity contribution is -0.126. The third-order valence-corrected chi connectivity index (χ3v) is 5.07. The molecule has 0 unspecified atom stereocenters. The Bertz CT molecular complexity index is 446. The maximum absolute atomic E-state index is 11.8. The predicted octanol–water partition coefficient (Wildman–Crippen LogP) is 0.433. The van der Waals surface area contributed by atoms with E-state index in [0.29, 0.717) is 18.8 Å². The van der Waals surface area contributed by atoms with Crippen LogP contribution in [0.25, 0.3) is 0 Å². The molecule has 5 nitrogen and oxygen atoms in total. The van der Waals surface area contributed by atoms with Crippen LogP contribution in [0.4, 0.5) is 0 Å². The van der Waals surface area contributed by atoms with Crippen LogP contribution >= 0.6 is 11.6 Å². The Kier molecular flexibility index (Phi) is 3.73. The van der Waals surface area contributed by atoms with Crippen LogP contribution in [0, 0.1) is 0 Å². The fraction of sp³-hybridized carbons (Fsp3) is 0.800. The van der Waals surface area contributed by atoms with E-state index in [1.165, 1.54) is 4.90 Å². The first-order chi connectivity index (χ1) is 8.03. The second kappa shape index (κ2) is 4.94. The highest BCUT2D eigenvalue weighted by molar-refractivity contribution is 7.91. The van der Waals surface area contributed by atoms with Crippen molar-refractivity contribution in [3.8, 4) is 0 Å². The van der Waals surface area contributed by atoms with Crippen molar-refractivity contribution >= 4 is 33.2 Å². The number of hydrogen-bond acceptors (Lipinski definition) is 4. The summed E-state index contributed by atoms with van der Waals surface area (Å²) >= 11 is 5.58. The van der Waals surface area contributed by atoms with Gasteiger partial charge in [-0.2, -0.15) is 0 Å². The lowest BCUT2D eigenvalue weighted by Gasteiger charge is -2.27. The fourth-order valence-electron chi connectivity index (χ4n) is 2.32. The topological polar surface area (TPSA) is 66.8 Å². The Morgan fingerprint density at radius 2 is 2.29 bits per heavy atom. The van der Waals surface area contributed by atoms with Crippen molar-refractivity contribution in [2.45, 2.75) is 25.3 Å². The van der Waals surface area contributed by atoms with E-state index in [9.17, 15) is 13.2 Å². The van der Waals surface area contributed by atoms with Gasteiger partial charge in [-0.05, 0) is 12.8 Å². The number of hydrogen-bond donors (Lipinski definition) is 0. The number of rotatable bonds is 2. The average Bonchev–Trinajstić information content (AvgIpc) is 2.89. The van der Waals surface area contributed by atoms with E-state index < -0.39 is 9.84 Å². The van der Waals surface area contributed by atoms with Crippen LogP contribution in [0.5, 0.6) is 0 Å². The molecule has 1 atom stereocenters. The molecule has 0 aromatic heterocycles. The van der Waals surface area contributed by atoms with E-state index in [1.807, 2.05) is 0 Å². The predicted molar refractivity (Wildman–Crippen MR) is 66.2 cm³/mol. The van der Waals surface area contributed by atoms with E-state index in [0.717, 1.165) is 12.8 Å². The quantitative estimate of drug-likeness (QED) is 0.688. The molecule has 2 aliphatic rings. The monoisotopic (exact) mass is 278 g/mol. The molecular weight excluding hydrogens is 264 g/mol. The van der Waals surface area contributed by atoms with E-state index >= 15 is 0 Å². The maximum Gasteiger partial charge on any atom is 0.243 e. The van der Waals surface area contributed by atoms with Gasteiger partial charge in [0.2, 0.25) is 5.91 Å². The number of amidine groups is 1. The zero-order valence-electron chi connectivity index (χ0n) is 9.43. The van der Waals surface area contributed by atoms with Crippen molar-refractivity contribution in [3.05, 3.63) is 0 Å². The first-order valence-electron chi connectivity index (χ1n) is 5.65. The minimum Gasteiger partial charge on any atom is -0.295 e. The molecule has 2 aliphatic heterocycles. The van der Waals surface area contributed by atoms with Gasteiger partial charge >= 0.3 is 0 Å². The van der Waals surface area contributed by atoms with Gasteiger partial charge in [-0.15, -0.1) is 11.6 Å². The molecule has 17 heavy (non-hydrogen) atoms. The van der Waals surface area contributed by atoms with Crippen LogP contribution in [0.15, 0.2) is 4.99 Å². The van der Waals surface area contributed by atoms with E-state index in [2.05, 4.69) is 4.99 Å². The number of alkyl halides is 1. The molecule has 2 rings (SSSR count). The number of sulfone groups is 1. The van der Waals surface area contributed by atoms with Crippen molar-refractivity contribution in [3.63, 3.8) is 0 Å². The van der Waals surface area contributed by atoms with Crippen LogP contribution in [0.1, 0.15) is 19.3 Å². The Morgan fingerprint density at radius 1 is 1.53 bits per heavy atom. The fourth-order valence-corrected chi connectivity index (χ4v) is 4.15. The summed E-state index contributed by atoms with van der Waals surface area (Å²) in [7, 11) is -3.00. The maximum atomic E-state index is 11.8. The van der Waals surface area contributed by atoms with Crippen molar-refractivity contribution < 1.29 is 13.2 Å². The second-order valence-electron chi connectivity index (χ2n) is 4.36. The summed E-state index contributed by atoms with van der Waals surface area (Å²) in [5.41, 5.74) is 0. The minimum absolute atomic E-state index is 0.0364. The van der Waals surface area contributed by atoms with Gasteiger partial charge in [0.05, 0.1) is 17.5 Å². The molecule has 0 aromatic rings. The summed E-state index contributed by atoms with van der Waals surface area (Å²) in [6.45, 7) is 0.709. The Labute approximate surface area is 106 Å². The van der Waals surface area contributed by atoms with Crippen molar-refractivity contribution in [1.29, 1.82) is 0 Å². The SMILES string of the molecule is O=C(CCl)N(C1=NCCC1)[C@@H]1CCS(=O)(=O)C1. The summed E-state index contributed by atoms with van der Waals surface area (Å²) in [6, 6.07) is -0.275. The number of nitrogens with zero attached hydrogens (tertiary/aromatic N) is 2. The Morgan fingerprint density at radius 3 is 2.76 bits per heavy atom. The Balaban J connectivity index is 2.19. The third kappa shape index (κ3) is 2.80. The minimum atomic E-state index is -3.00. The smallest absolute Gasteiger partial charge is 0.243 e. The average molecular weight is 279 g/mol. The van der Waals surface area contributed by atoms with Gasteiger partial charge in [-0.1, -0.05) is 0 Å².